The minimum atomic E-state index is -2.89. The topological polar surface area (TPSA) is 38.7 Å². The molecule has 0 radical (unpaired) electrons. The summed E-state index contributed by atoms with van der Waals surface area (Å²) in [6.07, 6.45) is 3.10. The smallest absolute Gasteiger partial charge is 0.387 e. The van der Waals surface area contributed by atoms with Crippen molar-refractivity contribution in [3.63, 3.8) is 0 Å². The molecule has 1 atom stereocenters. The minimum absolute atomic E-state index is 0.00800. The van der Waals surface area contributed by atoms with Crippen LogP contribution in [0.3, 0.4) is 0 Å². The predicted molar refractivity (Wildman–Crippen MR) is 73.3 cm³/mol. The monoisotopic (exact) mass is 288 g/mol. The fourth-order valence-electron chi connectivity index (χ4n) is 1.95. The van der Waals surface area contributed by atoms with E-state index < -0.39 is 12.7 Å². The van der Waals surface area contributed by atoms with E-state index in [1.807, 2.05) is 0 Å². The lowest BCUT2D eigenvalue weighted by atomic mass is 10.0. The number of rotatable bonds is 9. The van der Waals surface area contributed by atoms with Crippen molar-refractivity contribution in [3.8, 4) is 11.5 Å². The number of benzene rings is 1. The second-order valence-electron chi connectivity index (χ2n) is 4.53. The Bertz CT molecular complexity index is 397. The summed E-state index contributed by atoms with van der Waals surface area (Å²) in [4.78, 5) is 0. The van der Waals surface area contributed by atoms with Gasteiger partial charge in [-0.05, 0) is 31.0 Å². The third kappa shape index (κ3) is 5.33. The molecule has 1 rings (SSSR count). The standard InChI is InChI=1S/C15H22F2O3/c1-3-5-6-7-12(18)11-8-9-13(20-15(16)17)14(10-11)19-4-2/h8-10,12,15,18H,3-7H2,1-2H3. The van der Waals surface area contributed by atoms with Crippen molar-refractivity contribution in [1.29, 1.82) is 0 Å². The van der Waals surface area contributed by atoms with Crippen molar-refractivity contribution in [2.45, 2.75) is 52.2 Å². The van der Waals surface area contributed by atoms with Gasteiger partial charge in [0, 0.05) is 0 Å². The van der Waals surface area contributed by atoms with E-state index in [1.54, 1.807) is 19.1 Å². The molecule has 20 heavy (non-hydrogen) atoms. The molecule has 0 saturated carbocycles. The summed E-state index contributed by atoms with van der Waals surface area (Å²) in [6.45, 7) is 1.30. The van der Waals surface area contributed by atoms with Gasteiger partial charge in [-0.25, -0.2) is 0 Å². The highest BCUT2D eigenvalue weighted by molar-refractivity contribution is 5.43. The van der Waals surface area contributed by atoms with E-state index in [0.717, 1.165) is 19.3 Å². The zero-order valence-electron chi connectivity index (χ0n) is 11.9. The summed E-state index contributed by atoms with van der Waals surface area (Å²) in [5.74, 6) is 0.228. The first-order chi connectivity index (χ1) is 9.58. The van der Waals surface area contributed by atoms with Crippen LogP contribution in [-0.2, 0) is 0 Å². The predicted octanol–water partition coefficient (Wildman–Crippen LogP) is 4.30. The molecule has 1 aromatic rings. The Morgan fingerprint density at radius 2 is 1.90 bits per heavy atom. The van der Waals surface area contributed by atoms with Crippen molar-refractivity contribution >= 4 is 0 Å². The van der Waals surface area contributed by atoms with Crippen LogP contribution in [0, 0.1) is 0 Å². The van der Waals surface area contributed by atoms with Crippen LogP contribution < -0.4 is 9.47 Å². The zero-order chi connectivity index (χ0) is 15.0. The number of hydrogen-bond acceptors (Lipinski definition) is 3. The lowest BCUT2D eigenvalue weighted by Crippen LogP contribution is -2.06. The summed E-state index contributed by atoms with van der Waals surface area (Å²) in [5.41, 5.74) is 0.658. The number of aliphatic hydroxyl groups excluding tert-OH is 1. The maximum Gasteiger partial charge on any atom is 0.387 e. The Labute approximate surface area is 118 Å². The van der Waals surface area contributed by atoms with Gasteiger partial charge in [-0.2, -0.15) is 8.78 Å². The normalized spacial score (nSPS) is 12.5. The quantitative estimate of drug-likeness (QED) is 0.688. The molecule has 0 heterocycles. The van der Waals surface area contributed by atoms with Gasteiger partial charge in [0.2, 0.25) is 0 Å². The van der Waals surface area contributed by atoms with Gasteiger partial charge in [-0.3, -0.25) is 0 Å². The first-order valence-electron chi connectivity index (χ1n) is 6.98. The Balaban J connectivity index is 2.80. The molecule has 0 amide bonds. The molecule has 1 N–H and O–H groups in total. The van der Waals surface area contributed by atoms with Crippen LogP contribution in [0.25, 0.3) is 0 Å². The summed E-state index contributed by atoms with van der Waals surface area (Å²) in [6, 6.07) is 4.57. The lowest BCUT2D eigenvalue weighted by molar-refractivity contribution is -0.0514. The van der Waals surface area contributed by atoms with Crippen LogP contribution in [-0.4, -0.2) is 18.3 Å². The number of hydrogen-bond donors (Lipinski definition) is 1. The van der Waals surface area contributed by atoms with E-state index in [0.29, 0.717) is 18.6 Å². The molecule has 0 aliphatic rings. The maximum atomic E-state index is 12.3. The molecule has 0 bridgehead atoms. The van der Waals surface area contributed by atoms with Gasteiger partial charge in [0.25, 0.3) is 0 Å². The molecule has 0 aromatic heterocycles. The second-order valence-corrected chi connectivity index (χ2v) is 4.53. The zero-order valence-corrected chi connectivity index (χ0v) is 11.9. The van der Waals surface area contributed by atoms with Gasteiger partial charge < -0.3 is 14.6 Å². The van der Waals surface area contributed by atoms with E-state index in [-0.39, 0.29) is 11.5 Å². The van der Waals surface area contributed by atoms with Crippen molar-refractivity contribution in [1.82, 2.24) is 0 Å². The third-order valence-electron chi connectivity index (χ3n) is 2.95. The second kappa shape index (κ2) is 8.74. The molecule has 0 aliphatic carbocycles. The van der Waals surface area contributed by atoms with Gasteiger partial charge in [-0.1, -0.05) is 32.3 Å². The Kier molecular flexibility index (Phi) is 7.30. The van der Waals surface area contributed by atoms with Crippen LogP contribution in [0.1, 0.15) is 51.2 Å². The highest BCUT2D eigenvalue weighted by atomic mass is 19.3. The largest absolute Gasteiger partial charge is 0.490 e. The molecular formula is C15H22F2O3. The van der Waals surface area contributed by atoms with Gasteiger partial charge in [0.15, 0.2) is 11.5 Å². The highest BCUT2D eigenvalue weighted by Gasteiger charge is 2.14. The van der Waals surface area contributed by atoms with Crippen molar-refractivity contribution < 1.29 is 23.4 Å². The number of alkyl halides is 2. The number of unbranched alkanes of at least 4 members (excludes halogenated alkanes) is 2. The molecule has 1 aromatic carbocycles. The van der Waals surface area contributed by atoms with Crippen molar-refractivity contribution in [2.24, 2.45) is 0 Å². The number of ether oxygens (including phenoxy) is 2. The Hall–Kier alpha value is -1.36. The molecule has 0 spiro atoms. The molecule has 3 nitrogen and oxygen atoms in total. The van der Waals surface area contributed by atoms with Crippen molar-refractivity contribution in [2.75, 3.05) is 6.61 Å². The summed E-state index contributed by atoms with van der Waals surface area (Å²) in [5, 5.41) is 10.1. The number of aliphatic hydroxyl groups is 1. The average molecular weight is 288 g/mol. The summed E-state index contributed by atoms with van der Waals surface area (Å²) >= 11 is 0. The molecule has 114 valence electrons. The van der Waals surface area contributed by atoms with E-state index in [1.165, 1.54) is 6.07 Å². The molecule has 0 aliphatic heterocycles. The summed E-state index contributed by atoms with van der Waals surface area (Å²) < 4.78 is 34.2. The average Bonchev–Trinajstić information content (AvgIpc) is 2.40. The first kappa shape index (κ1) is 16.7. The SMILES string of the molecule is CCCCCC(O)c1ccc(OC(F)F)c(OCC)c1. The van der Waals surface area contributed by atoms with Crippen LogP contribution in [0.4, 0.5) is 8.78 Å². The van der Waals surface area contributed by atoms with Crippen molar-refractivity contribution in [3.05, 3.63) is 23.8 Å². The van der Waals surface area contributed by atoms with E-state index in [9.17, 15) is 13.9 Å². The van der Waals surface area contributed by atoms with Crippen LogP contribution in [0.5, 0.6) is 11.5 Å². The minimum Gasteiger partial charge on any atom is -0.490 e. The fraction of sp³-hybridized carbons (Fsp3) is 0.600. The van der Waals surface area contributed by atoms with Gasteiger partial charge >= 0.3 is 6.61 Å². The summed E-state index contributed by atoms with van der Waals surface area (Å²) in [7, 11) is 0. The lowest BCUT2D eigenvalue weighted by Gasteiger charge is -2.15. The Morgan fingerprint density at radius 3 is 2.50 bits per heavy atom. The molecule has 0 saturated heterocycles. The van der Waals surface area contributed by atoms with Crippen LogP contribution in [0.2, 0.25) is 0 Å². The molecule has 5 heteroatoms. The van der Waals surface area contributed by atoms with E-state index >= 15 is 0 Å². The maximum absolute atomic E-state index is 12.3. The van der Waals surface area contributed by atoms with E-state index in [4.69, 9.17) is 4.74 Å². The van der Waals surface area contributed by atoms with Gasteiger partial charge in [0.05, 0.1) is 12.7 Å². The van der Waals surface area contributed by atoms with Gasteiger partial charge in [0.1, 0.15) is 0 Å². The number of halogens is 2. The van der Waals surface area contributed by atoms with Gasteiger partial charge in [-0.15, -0.1) is 0 Å². The molecular weight excluding hydrogens is 266 g/mol. The third-order valence-corrected chi connectivity index (χ3v) is 2.95. The molecule has 0 fully saturated rings. The molecule has 1 unspecified atom stereocenters. The fourth-order valence-corrected chi connectivity index (χ4v) is 1.95. The Morgan fingerprint density at radius 1 is 1.15 bits per heavy atom. The van der Waals surface area contributed by atoms with Crippen LogP contribution in [0.15, 0.2) is 18.2 Å². The highest BCUT2D eigenvalue weighted by Crippen LogP contribution is 2.33. The first-order valence-corrected chi connectivity index (χ1v) is 6.98. The van der Waals surface area contributed by atoms with E-state index in [2.05, 4.69) is 11.7 Å². The van der Waals surface area contributed by atoms with Crippen LogP contribution >= 0.6 is 0 Å².